The highest BCUT2D eigenvalue weighted by Crippen LogP contribution is 2.28. The van der Waals surface area contributed by atoms with Crippen LogP contribution in [0, 0.1) is 0 Å². The number of piperidine rings is 1. The number of nitrogens with zero attached hydrogens (tertiary/aromatic N) is 3. The van der Waals surface area contributed by atoms with Crippen molar-refractivity contribution in [2.24, 2.45) is 12.0 Å². The fraction of sp³-hybridized carbons (Fsp3) is 0.280. The lowest BCUT2D eigenvalue weighted by Gasteiger charge is -2.32. The minimum Gasteiger partial charge on any atom is -0.319 e. The van der Waals surface area contributed by atoms with Crippen molar-refractivity contribution in [1.29, 1.82) is 0 Å². The van der Waals surface area contributed by atoms with Gasteiger partial charge in [-0.25, -0.2) is 8.42 Å². The highest BCUT2D eigenvalue weighted by atomic mass is 32.2. The third-order valence-electron chi connectivity index (χ3n) is 6.35. The fourth-order valence-electron chi connectivity index (χ4n) is 4.45. The molecular weight excluding hydrogens is 454 g/mol. The molecular formula is C25H25N3O3S2. The molecule has 1 aliphatic rings. The van der Waals surface area contributed by atoms with E-state index in [9.17, 15) is 13.2 Å². The van der Waals surface area contributed by atoms with Crippen LogP contribution in [0.15, 0.2) is 70.6 Å². The van der Waals surface area contributed by atoms with Crippen molar-refractivity contribution in [3.8, 4) is 0 Å². The maximum Gasteiger partial charge on any atom is 0.279 e. The smallest absolute Gasteiger partial charge is 0.279 e. The van der Waals surface area contributed by atoms with Gasteiger partial charge in [0.25, 0.3) is 5.91 Å². The number of carbonyl (C=O) groups is 1. The van der Waals surface area contributed by atoms with Crippen molar-refractivity contribution in [3.05, 3.63) is 71.0 Å². The largest absolute Gasteiger partial charge is 0.319 e. The van der Waals surface area contributed by atoms with E-state index < -0.39 is 15.9 Å². The number of carbonyl (C=O) groups excluding carboxylic acids is 1. The summed E-state index contributed by atoms with van der Waals surface area (Å²) in [5.74, 6) is -0.392. The van der Waals surface area contributed by atoms with Crippen LogP contribution in [-0.4, -0.2) is 35.8 Å². The van der Waals surface area contributed by atoms with Gasteiger partial charge in [-0.3, -0.25) is 4.79 Å². The predicted octanol–water partition coefficient (Wildman–Crippen LogP) is 4.70. The predicted molar refractivity (Wildman–Crippen MR) is 132 cm³/mol. The highest BCUT2D eigenvalue weighted by molar-refractivity contribution is 7.89. The van der Waals surface area contributed by atoms with Crippen LogP contribution in [0.5, 0.6) is 0 Å². The van der Waals surface area contributed by atoms with Crippen LogP contribution in [0.3, 0.4) is 0 Å². The molecule has 8 heteroatoms. The number of hydrogen-bond donors (Lipinski definition) is 0. The molecule has 0 N–H and O–H groups in total. The van der Waals surface area contributed by atoms with E-state index in [4.69, 9.17) is 0 Å². The number of fused-ring (bicyclic) bond motifs is 3. The number of sulfonamides is 1. The second kappa shape index (κ2) is 8.52. The van der Waals surface area contributed by atoms with Crippen molar-refractivity contribution >= 4 is 48.3 Å². The molecule has 1 saturated heterocycles. The zero-order chi connectivity index (χ0) is 23.2. The molecule has 1 amide bonds. The van der Waals surface area contributed by atoms with Gasteiger partial charge in [-0.15, -0.1) is 0 Å². The average molecular weight is 480 g/mol. The van der Waals surface area contributed by atoms with Gasteiger partial charge >= 0.3 is 0 Å². The van der Waals surface area contributed by atoms with E-state index in [1.54, 1.807) is 16.4 Å². The van der Waals surface area contributed by atoms with Gasteiger partial charge in [0, 0.05) is 30.6 Å². The van der Waals surface area contributed by atoms with Crippen LogP contribution in [0.2, 0.25) is 0 Å². The summed E-state index contributed by atoms with van der Waals surface area (Å²) in [7, 11) is -1.67. The van der Waals surface area contributed by atoms with Gasteiger partial charge in [0.15, 0.2) is 4.80 Å². The van der Waals surface area contributed by atoms with E-state index in [0.717, 1.165) is 40.3 Å². The molecule has 170 valence electrons. The second-order valence-electron chi connectivity index (χ2n) is 8.48. The van der Waals surface area contributed by atoms with Gasteiger partial charge in [0.2, 0.25) is 10.0 Å². The summed E-state index contributed by atoms with van der Waals surface area (Å²) < 4.78 is 30.6. The number of thiazole rings is 1. The van der Waals surface area contributed by atoms with E-state index in [0.29, 0.717) is 16.9 Å². The van der Waals surface area contributed by atoms with Crippen molar-refractivity contribution in [1.82, 2.24) is 8.87 Å². The quantitative estimate of drug-likeness (QED) is 0.428. The molecule has 5 rings (SSSR count). The lowest BCUT2D eigenvalue weighted by Crippen LogP contribution is -2.41. The SMILES string of the molecule is CC1CCCCN1S(=O)(=O)c1ccc(C(=O)N=c2sc3c4ccccc4ccc3n2C)cc1. The molecule has 1 unspecified atom stereocenters. The summed E-state index contributed by atoms with van der Waals surface area (Å²) in [5, 5.41) is 2.27. The van der Waals surface area contributed by atoms with Gasteiger partial charge in [-0.05, 0) is 55.5 Å². The first-order valence-electron chi connectivity index (χ1n) is 11.0. The number of aryl methyl sites for hydroxylation is 1. The van der Waals surface area contributed by atoms with Crippen molar-refractivity contribution in [2.45, 2.75) is 37.1 Å². The highest BCUT2D eigenvalue weighted by Gasteiger charge is 2.30. The molecule has 1 atom stereocenters. The molecule has 0 radical (unpaired) electrons. The van der Waals surface area contributed by atoms with Crippen LogP contribution in [-0.2, 0) is 17.1 Å². The first-order chi connectivity index (χ1) is 15.9. The molecule has 4 aromatic rings. The monoisotopic (exact) mass is 479 g/mol. The first-order valence-corrected chi connectivity index (χ1v) is 13.3. The lowest BCUT2D eigenvalue weighted by atomic mass is 10.1. The number of hydrogen-bond acceptors (Lipinski definition) is 4. The molecule has 1 aliphatic heterocycles. The number of rotatable bonds is 3. The minimum absolute atomic E-state index is 0.0101. The Labute approximate surface area is 196 Å². The Morgan fingerprint density at radius 1 is 1.03 bits per heavy atom. The number of aromatic nitrogens is 1. The molecule has 6 nitrogen and oxygen atoms in total. The van der Waals surface area contributed by atoms with Crippen molar-refractivity contribution in [3.63, 3.8) is 0 Å². The van der Waals surface area contributed by atoms with E-state index in [1.807, 2.05) is 36.7 Å². The molecule has 33 heavy (non-hydrogen) atoms. The van der Waals surface area contributed by atoms with Gasteiger partial charge in [0.1, 0.15) is 0 Å². The summed E-state index contributed by atoms with van der Waals surface area (Å²) in [6.07, 6.45) is 2.80. The Morgan fingerprint density at radius 3 is 2.55 bits per heavy atom. The summed E-state index contributed by atoms with van der Waals surface area (Å²) in [5.41, 5.74) is 1.38. The van der Waals surface area contributed by atoms with E-state index in [2.05, 4.69) is 23.2 Å². The fourth-order valence-corrected chi connectivity index (χ4v) is 7.30. The molecule has 3 aromatic carbocycles. The van der Waals surface area contributed by atoms with E-state index >= 15 is 0 Å². The molecule has 1 aromatic heterocycles. The maximum absolute atomic E-state index is 13.0. The number of amides is 1. The topological polar surface area (TPSA) is 71.7 Å². The summed E-state index contributed by atoms with van der Waals surface area (Å²) in [4.78, 5) is 18.1. The van der Waals surface area contributed by atoms with Crippen LogP contribution in [0.4, 0.5) is 0 Å². The Balaban J connectivity index is 1.47. The Hall–Kier alpha value is -2.81. The maximum atomic E-state index is 13.0. The minimum atomic E-state index is -3.57. The van der Waals surface area contributed by atoms with Gasteiger partial charge < -0.3 is 4.57 Å². The van der Waals surface area contributed by atoms with Crippen LogP contribution in [0.25, 0.3) is 21.0 Å². The standard InChI is InChI=1S/C25H25N3O3S2/c1-17-7-5-6-16-28(17)33(30,31)20-13-10-19(11-14-20)24(29)26-25-27(2)22-15-12-18-8-3-4-9-21(18)23(22)32-25/h3-4,8-15,17H,5-7,16H2,1-2H3. The van der Waals surface area contributed by atoms with Gasteiger partial charge in [-0.2, -0.15) is 9.30 Å². The molecule has 0 bridgehead atoms. The Bertz CT molecular complexity index is 1530. The van der Waals surface area contributed by atoms with Crippen LogP contribution >= 0.6 is 11.3 Å². The lowest BCUT2D eigenvalue weighted by molar-refractivity contribution is 0.0998. The third-order valence-corrected chi connectivity index (χ3v) is 9.56. The molecule has 2 heterocycles. The van der Waals surface area contributed by atoms with Gasteiger partial charge in [-0.1, -0.05) is 48.1 Å². The summed E-state index contributed by atoms with van der Waals surface area (Å²) in [6, 6.07) is 18.4. The van der Waals surface area contributed by atoms with Crippen LogP contribution in [0.1, 0.15) is 36.5 Å². The Kier molecular flexibility index (Phi) is 5.68. The van der Waals surface area contributed by atoms with E-state index in [1.165, 1.54) is 23.5 Å². The third kappa shape index (κ3) is 3.92. The molecule has 1 fully saturated rings. The number of benzene rings is 3. The zero-order valence-corrected chi connectivity index (χ0v) is 20.2. The first kappa shape index (κ1) is 22.0. The van der Waals surface area contributed by atoms with E-state index in [-0.39, 0.29) is 10.9 Å². The second-order valence-corrected chi connectivity index (χ2v) is 11.3. The molecule has 0 aliphatic carbocycles. The van der Waals surface area contributed by atoms with Gasteiger partial charge in [0.05, 0.1) is 15.1 Å². The average Bonchev–Trinajstić information content (AvgIpc) is 3.15. The van der Waals surface area contributed by atoms with Crippen molar-refractivity contribution in [2.75, 3.05) is 6.54 Å². The Morgan fingerprint density at radius 2 is 1.79 bits per heavy atom. The molecule has 0 spiro atoms. The summed E-state index contributed by atoms with van der Waals surface area (Å²) >= 11 is 1.48. The van der Waals surface area contributed by atoms with Crippen molar-refractivity contribution < 1.29 is 13.2 Å². The normalized spacial score (nSPS) is 18.2. The summed E-state index contributed by atoms with van der Waals surface area (Å²) in [6.45, 7) is 2.48. The zero-order valence-electron chi connectivity index (χ0n) is 18.6. The van der Waals surface area contributed by atoms with Crippen LogP contribution < -0.4 is 4.80 Å². The molecule has 0 saturated carbocycles.